The Balaban J connectivity index is 2.02. The molecule has 0 amide bonds. The van der Waals surface area contributed by atoms with Crippen LogP contribution in [0.3, 0.4) is 0 Å². The van der Waals surface area contributed by atoms with Crippen molar-refractivity contribution < 1.29 is 8.78 Å². The summed E-state index contributed by atoms with van der Waals surface area (Å²) in [7, 11) is 0. The van der Waals surface area contributed by atoms with E-state index >= 15 is 0 Å². The van der Waals surface area contributed by atoms with Crippen LogP contribution in [-0.2, 0) is 6.42 Å². The van der Waals surface area contributed by atoms with Gasteiger partial charge >= 0.3 is 0 Å². The van der Waals surface area contributed by atoms with Gasteiger partial charge in [-0.05, 0) is 46.6 Å². The second-order valence-electron chi connectivity index (χ2n) is 4.51. The fourth-order valence-corrected chi connectivity index (χ4v) is 3.50. The lowest BCUT2D eigenvalue weighted by Gasteiger charge is -2.16. The summed E-state index contributed by atoms with van der Waals surface area (Å²) in [6.45, 7) is 0. The Hall–Kier alpha value is -0.950. The Morgan fingerprint density at radius 2 is 1.76 bits per heavy atom. The zero-order valence-corrected chi connectivity index (χ0v) is 13.6. The van der Waals surface area contributed by atoms with Crippen LogP contribution in [0.2, 0.25) is 0 Å². The van der Waals surface area contributed by atoms with Crippen molar-refractivity contribution in [1.29, 1.82) is 0 Å². The van der Waals surface area contributed by atoms with Gasteiger partial charge in [0.15, 0.2) is 0 Å². The van der Waals surface area contributed by atoms with E-state index in [-0.39, 0.29) is 18.0 Å². The maximum absolute atomic E-state index is 13.7. The average molecular weight is 373 g/mol. The van der Waals surface area contributed by atoms with Gasteiger partial charge in [0.1, 0.15) is 11.6 Å². The van der Waals surface area contributed by atoms with Gasteiger partial charge in [0, 0.05) is 26.7 Å². The predicted octanol–water partition coefficient (Wildman–Crippen LogP) is 3.89. The fraction of sp³-hybridized carbons (Fsp3) is 0.200. The number of hydrazine groups is 1. The van der Waals surface area contributed by atoms with Crippen LogP contribution in [0.5, 0.6) is 0 Å². The molecule has 0 heterocycles. The van der Waals surface area contributed by atoms with Gasteiger partial charge < -0.3 is 0 Å². The number of nitrogens with one attached hydrogen (secondary N) is 1. The molecular weight excluding hydrogens is 358 g/mol. The molecule has 1 atom stereocenters. The second-order valence-corrected chi connectivity index (χ2v) is 6.43. The molecule has 112 valence electrons. The van der Waals surface area contributed by atoms with Crippen LogP contribution in [-0.4, -0.2) is 11.8 Å². The standard InChI is InChI=1S/C15H15BrF2N2S/c16-12-4-1-2-7-15(12)21-9-10(20-19)8-11-13(17)5-3-6-14(11)18/h1-7,10,20H,8-9,19H2. The topological polar surface area (TPSA) is 38.0 Å². The lowest BCUT2D eigenvalue weighted by atomic mass is 10.1. The minimum Gasteiger partial charge on any atom is -0.271 e. The monoisotopic (exact) mass is 372 g/mol. The number of hydrogen-bond acceptors (Lipinski definition) is 3. The van der Waals surface area contributed by atoms with Crippen molar-refractivity contribution in [3.63, 3.8) is 0 Å². The van der Waals surface area contributed by atoms with E-state index in [4.69, 9.17) is 5.84 Å². The molecule has 0 fully saturated rings. The van der Waals surface area contributed by atoms with E-state index in [9.17, 15) is 8.78 Å². The third kappa shape index (κ3) is 4.51. The van der Waals surface area contributed by atoms with Gasteiger partial charge in [-0.3, -0.25) is 11.3 Å². The lowest BCUT2D eigenvalue weighted by Crippen LogP contribution is -2.39. The van der Waals surface area contributed by atoms with Gasteiger partial charge in [-0.15, -0.1) is 11.8 Å². The third-order valence-corrected chi connectivity index (χ3v) is 5.21. The Morgan fingerprint density at radius 1 is 1.10 bits per heavy atom. The van der Waals surface area contributed by atoms with Crippen molar-refractivity contribution in [2.45, 2.75) is 17.4 Å². The van der Waals surface area contributed by atoms with Crippen molar-refractivity contribution in [3.05, 3.63) is 64.1 Å². The molecule has 0 bridgehead atoms. The van der Waals surface area contributed by atoms with Gasteiger partial charge in [-0.2, -0.15) is 0 Å². The van der Waals surface area contributed by atoms with Crippen LogP contribution in [0.4, 0.5) is 8.78 Å². The molecule has 2 aromatic rings. The van der Waals surface area contributed by atoms with Gasteiger partial charge in [-0.25, -0.2) is 8.78 Å². The summed E-state index contributed by atoms with van der Waals surface area (Å²) in [5.41, 5.74) is 2.69. The molecule has 0 aliphatic rings. The fourth-order valence-electron chi connectivity index (χ4n) is 1.89. The highest BCUT2D eigenvalue weighted by Crippen LogP contribution is 2.28. The van der Waals surface area contributed by atoms with E-state index in [2.05, 4.69) is 21.4 Å². The lowest BCUT2D eigenvalue weighted by molar-refractivity contribution is 0.512. The summed E-state index contributed by atoms with van der Waals surface area (Å²) in [5.74, 6) is 5.03. The van der Waals surface area contributed by atoms with Crippen molar-refractivity contribution in [3.8, 4) is 0 Å². The number of thioether (sulfide) groups is 1. The van der Waals surface area contributed by atoms with E-state index in [1.807, 2.05) is 24.3 Å². The second kappa shape index (κ2) is 7.89. The Morgan fingerprint density at radius 3 is 2.38 bits per heavy atom. The Labute approximate surface area is 135 Å². The molecular formula is C15H15BrF2N2S. The first-order valence-corrected chi connectivity index (χ1v) is 8.16. The van der Waals surface area contributed by atoms with Crippen LogP contribution in [0.25, 0.3) is 0 Å². The predicted molar refractivity (Wildman–Crippen MR) is 86.0 cm³/mol. The normalized spacial score (nSPS) is 12.4. The first-order valence-electron chi connectivity index (χ1n) is 6.38. The van der Waals surface area contributed by atoms with Crippen LogP contribution in [0.1, 0.15) is 5.56 Å². The summed E-state index contributed by atoms with van der Waals surface area (Å²) >= 11 is 5.04. The van der Waals surface area contributed by atoms with E-state index in [1.165, 1.54) is 18.2 Å². The molecule has 0 spiro atoms. The summed E-state index contributed by atoms with van der Waals surface area (Å²) in [6, 6.07) is 11.4. The van der Waals surface area contributed by atoms with Crippen molar-refractivity contribution in [1.82, 2.24) is 5.43 Å². The third-order valence-electron chi connectivity index (χ3n) is 3.02. The van der Waals surface area contributed by atoms with Crippen molar-refractivity contribution in [2.75, 3.05) is 5.75 Å². The molecule has 3 N–H and O–H groups in total. The molecule has 0 aliphatic heterocycles. The molecule has 21 heavy (non-hydrogen) atoms. The number of nitrogens with two attached hydrogens (primary N) is 1. The average Bonchev–Trinajstić information content (AvgIpc) is 2.48. The zero-order chi connectivity index (χ0) is 15.2. The summed E-state index contributed by atoms with van der Waals surface area (Å²) in [6.07, 6.45) is 0.201. The minimum atomic E-state index is -0.541. The van der Waals surface area contributed by atoms with Crippen LogP contribution in [0.15, 0.2) is 51.8 Å². The molecule has 2 rings (SSSR count). The minimum absolute atomic E-state index is 0.0631. The molecule has 6 heteroatoms. The number of rotatable bonds is 6. The van der Waals surface area contributed by atoms with Gasteiger partial charge in [0.25, 0.3) is 0 Å². The van der Waals surface area contributed by atoms with E-state index in [0.717, 1.165) is 9.37 Å². The van der Waals surface area contributed by atoms with Crippen molar-refractivity contribution in [2.24, 2.45) is 5.84 Å². The van der Waals surface area contributed by atoms with Gasteiger partial charge in [0.05, 0.1) is 0 Å². The maximum Gasteiger partial charge on any atom is 0.129 e. The Kier molecular flexibility index (Phi) is 6.17. The van der Waals surface area contributed by atoms with Crippen LogP contribution < -0.4 is 11.3 Å². The van der Waals surface area contributed by atoms with Crippen molar-refractivity contribution >= 4 is 27.7 Å². The zero-order valence-electron chi connectivity index (χ0n) is 11.2. The van der Waals surface area contributed by atoms with E-state index < -0.39 is 11.6 Å². The first kappa shape index (κ1) is 16.4. The number of benzene rings is 2. The van der Waals surface area contributed by atoms with Crippen LogP contribution >= 0.6 is 27.7 Å². The number of hydrogen-bond donors (Lipinski definition) is 2. The summed E-state index contributed by atoms with van der Waals surface area (Å²) in [4.78, 5) is 1.06. The smallest absolute Gasteiger partial charge is 0.129 e. The number of halogens is 3. The Bertz CT molecular complexity index is 590. The quantitative estimate of drug-likeness (QED) is 0.458. The molecule has 0 aliphatic carbocycles. The first-order chi connectivity index (χ1) is 10.1. The van der Waals surface area contributed by atoms with E-state index in [0.29, 0.717) is 5.75 Å². The highest BCUT2D eigenvalue weighted by atomic mass is 79.9. The molecule has 2 nitrogen and oxygen atoms in total. The maximum atomic E-state index is 13.7. The van der Waals surface area contributed by atoms with Crippen LogP contribution in [0, 0.1) is 11.6 Å². The van der Waals surface area contributed by atoms with E-state index in [1.54, 1.807) is 11.8 Å². The molecule has 0 saturated carbocycles. The highest BCUT2D eigenvalue weighted by molar-refractivity contribution is 9.10. The molecule has 0 aromatic heterocycles. The summed E-state index contributed by atoms with van der Waals surface area (Å²) in [5, 5.41) is 0. The SMILES string of the molecule is NNC(CSc1ccccc1Br)Cc1c(F)cccc1F. The molecule has 1 unspecified atom stereocenters. The molecule has 0 radical (unpaired) electrons. The summed E-state index contributed by atoms with van der Waals surface area (Å²) < 4.78 is 28.3. The van der Waals surface area contributed by atoms with Gasteiger partial charge in [-0.1, -0.05) is 18.2 Å². The molecule has 0 saturated heterocycles. The largest absolute Gasteiger partial charge is 0.271 e. The van der Waals surface area contributed by atoms with Gasteiger partial charge in [0.2, 0.25) is 0 Å². The highest BCUT2D eigenvalue weighted by Gasteiger charge is 2.15. The molecule has 2 aromatic carbocycles.